The number of carbonyl (C=O) groups excluding carboxylic acids is 1. The van der Waals surface area contributed by atoms with Crippen LogP contribution in [0.2, 0.25) is 0 Å². The van der Waals surface area contributed by atoms with Crippen LogP contribution in [-0.4, -0.2) is 27.9 Å². The molecule has 26 heavy (non-hydrogen) atoms. The highest BCUT2D eigenvalue weighted by molar-refractivity contribution is 5.89. The fraction of sp³-hybridized carbons (Fsp3) is 0.591. The smallest absolute Gasteiger partial charge is 0.338 e. The highest BCUT2D eigenvalue weighted by Gasteiger charge is 2.59. The Labute approximate surface area is 155 Å². The van der Waals surface area contributed by atoms with Gasteiger partial charge in [0.1, 0.15) is 11.9 Å². The Hall–Kier alpha value is -1.81. The first-order valence-electron chi connectivity index (χ1n) is 9.54. The molecule has 0 amide bonds. The summed E-state index contributed by atoms with van der Waals surface area (Å²) in [6.07, 6.45) is 5.13. The molecule has 2 aliphatic rings. The van der Waals surface area contributed by atoms with Gasteiger partial charge in [0.15, 0.2) is 0 Å². The van der Waals surface area contributed by atoms with E-state index in [1.165, 1.54) is 17.7 Å². The van der Waals surface area contributed by atoms with Crippen LogP contribution in [0.1, 0.15) is 63.7 Å². The molecule has 0 heterocycles. The minimum Gasteiger partial charge on any atom is -0.508 e. The third-order valence-electron chi connectivity index (χ3n) is 6.56. The number of phenols is 1. The summed E-state index contributed by atoms with van der Waals surface area (Å²) in [4.78, 5) is 12.7. The molecule has 4 nitrogen and oxygen atoms in total. The SMILES string of the molecule is CC1=CC[C@]2(C)CC[C@@](O)(C(C)C)[C@H]2[C@H](OC(=O)c2ccc(O)cc2)C1. The van der Waals surface area contributed by atoms with Gasteiger partial charge in [-0.25, -0.2) is 4.79 Å². The number of phenolic OH excluding ortho intramolecular Hbond substituents is 1. The largest absolute Gasteiger partial charge is 0.508 e. The summed E-state index contributed by atoms with van der Waals surface area (Å²) in [5.41, 5.74) is 0.723. The zero-order valence-corrected chi connectivity index (χ0v) is 16.2. The summed E-state index contributed by atoms with van der Waals surface area (Å²) in [6.45, 7) is 8.39. The predicted molar refractivity (Wildman–Crippen MR) is 101 cm³/mol. The summed E-state index contributed by atoms with van der Waals surface area (Å²) in [6, 6.07) is 6.11. The van der Waals surface area contributed by atoms with Crippen molar-refractivity contribution in [3.05, 3.63) is 41.5 Å². The number of esters is 1. The first-order chi connectivity index (χ1) is 12.2. The van der Waals surface area contributed by atoms with E-state index in [-0.39, 0.29) is 29.1 Å². The molecule has 1 fully saturated rings. The molecule has 1 aromatic carbocycles. The van der Waals surface area contributed by atoms with Gasteiger partial charge in [0.2, 0.25) is 0 Å². The van der Waals surface area contributed by atoms with Gasteiger partial charge in [-0.3, -0.25) is 0 Å². The fourth-order valence-electron chi connectivity index (χ4n) is 4.89. The van der Waals surface area contributed by atoms with Crippen LogP contribution in [-0.2, 0) is 4.74 Å². The van der Waals surface area contributed by atoms with E-state index in [0.717, 1.165) is 19.3 Å². The monoisotopic (exact) mass is 358 g/mol. The molecule has 0 spiro atoms. The van der Waals surface area contributed by atoms with Crippen molar-refractivity contribution in [3.63, 3.8) is 0 Å². The Kier molecular flexibility index (Phi) is 4.91. The van der Waals surface area contributed by atoms with Crippen molar-refractivity contribution in [2.75, 3.05) is 0 Å². The molecule has 0 saturated heterocycles. The van der Waals surface area contributed by atoms with Gasteiger partial charge in [-0.2, -0.15) is 0 Å². The molecule has 1 saturated carbocycles. The summed E-state index contributed by atoms with van der Waals surface area (Å²) in [5, 5.41) is 20.9. The predicted octanol–water partition coefficient (Wildman–Crippen LogP) is 4.46. The molecule has 0 unspecified atom stereocenters. The molecule has 0 radical (unpaired) electrons. The molecular weight excluding hydrogens is 328 g/mol. The van der Waals surface area contributed by atoms with E-state index in [0.29, 0.717) is 12.0 Å². The van der Waals surface area contributed by atoms with Crippen LogP contribution in [0, 0.1) is 17.3 Å². The number of hydrogen-bond donors (Lipinski definition) is 2. The molecule has 2 aliphatic carbocycles. The van der Waals surface area contributed by atoms with Gasteiger partial charge in [0.25, 0.3) is 0 Å². The van der Waals surface area contributed by atoms with Crippen molar-refractivity contribution in [1.82, 2.24) is 0 Å². The lowest BCUT2D eigenvalue weighted by Crippen LogP contribution is -2.50. The van der Waals surface area contributed by atoms with Crippen LogP contribution in [0.4, 0.5) is 0 Å². The van der Waals surface area contributed by atoms with E-state index in [1.807, 2.05) is 0 Å². The molecule has 0 aliphatic heterocycles. The second-order valence-corrected chi connectivity index (χ2v) is 8.73. The summed E-state index contributed by atoms with van der Waals surface area (Å²) >= 11 is 0. The fourth-order valence-corrected chi connectivity index (χ4v) is 4.89. The van der Waals surface area contributed by atoms with E-state index < -0.39 is 11.6 Å². The van der Waals surface area contributed by atoms with Crippen molar-refractivity contribution < 1.29 is 19.7 Å². The molecule has 2 N–H and O–H groups in total. The summed E-state index contributed by atoms with van der Waals surface area (Å²) < 4.78 is 5.97. The van der Waals surface area contributed by atoms with Crippen LogP contribution < -0.4 is 0 Å². The molecule has 4 heteroatoms. The van der Waals surface area contributed by atoms with Gasteiger partial charge >= 0.3 is 5.97 Å². The Morgan fingerprint density at radius 1 is 1.23 bits per heavy atom. The van der Waals surface area contributed by atoms with Gasteiger partial charge in [0, 0.05) is 12.3 Å². The number of hydrogen-bond acceptors (Lipinski definition) is 4. The lowest BCUT2D eigenvalue weighted by atomic mass is 9.67. The van der Waals surface area contributed by atoms with E-state index in [1.54, 1.807) is 12.1 Å². The summed E-state index contributed by atoms with van der Waals surface area (Å²) in [7, 11) is 0. The maximum atomic E-state index is 12.7. The number of ether oxygens (including phenoxy) is 1. The van der Waals surface area contributed by atoms with Gasteiger partial charge in [-0.15, -0.1) is 0 Å². The zero-order valence-electron chi connectivity index (χ0n) is 16.2. The van der Waals surface area contributed by atoms with Crippen molar-refractivity contribution in [3.8, 4) is 5.75 Å². The van der Waals surface area contributed by atoms with E-state index in [2.05, 4.69) is 33.8 Å². The van der Waals surface area contributed by atoms with Gasteiger partial charge in [-0.05, 0) is 61.8 Å². The lowest BCUT2D eigenvalue weighted by molar-refractivity contribution is -0.112. The molecule has 1 aromatic rings. The normalized spacial score (nSPS) is 34.2. The number of carbonyl (C=O) groups is 1. The topological polar surface area (TPSA) is 66.8 Å². The number of allylic oxidation sites excluding steroid dienone is 1. The van der Waals surface area contributed by atoms with Crippen LogP contribution >= 0.6 is 0 Å². The summed E-state index contributed by atoms with van der Waals surface area (Å²) in [5.74, 6) is -0.273. The number of rotatable bonds is 3. The van der Waals surface area contributed by atoms with E-state index in [9.17, 15) is 15.0 Å². The van der Waals surface area contributed by atoms with Crippen molar-refractivity contribution in [2.45, 2.75) is 65.1 Å². The molecule has 0 bridgehead atoms. The lowest BCUT2D eigenvalue weighted by Gasteiger charge is -2.43. The number of benzene rings is 1. The number of fused-ring (bicyclic) bond motifs is 1. The van der Waals surface area contributed by atoms with E-state index in [4.69, 9.17) is 4.74 Å². The molecule has 142 valence electrons. The van der Waals surface area contributed by atoms with Crippen LogP contribution in [0.25, 0.3) is 0 Å². The maximum absolute atomic E-state index is 12.7. The second kappa shape index (κ2) is 6.73. The highest BCUT2D eigenvalue weighted by Crippen LogP contribution is 2.58. The first-order valence-corrected chi connectivity index (χ1v) is 9.54. The Balaban J connectivity index is 1.92. The van der Waals surface area contributed by atoms with Crippen LogP contribution in [0.5, 0.6) is 5.75 Å². The van der Waals surface area contributed by atoms with Gasteiger partial charge < -0.3 is 14.9 Å². The molecule has 0 aromatic heterocycles. The van der Waals surface area contributed by atoms with Gasteiger partial charge in [0.05, 0.1) is 11.2 Å². The van der Waals surface area contributed by atoms with Crippen LogP contribution in [0.15, 0.2) is 35.9 Å². The average Bonchev–Trinajstić information content (AvgIpc) is 2.78. The third-order valence-corrected chi connectivity index (χ3v) is 6.56. The third kappa shape index (κ3) is 3.27. The molecule has 3 rings (SSSR count). The molecule has 4 atom stereocenters. The minimum absolute atomic E-state index is 0.0727. The van der Waals surface area contributed by atoms with Crippen molar-refractivity contribution >= 4 is 5.97 Å². The molecular formula is C22H30O4. The Morgan fingerprint density at radius 2 is 1.88 bits per heavy atom. The Bertz CT molecular complexity index is 705. The Morgan fingerprint density at radius 3 is 2.50 bits per heavy atom. The van der Waals surface area contributed by atoms with Crippen molar-refractivity contribution in [2.24, 2.45) is 17.3 Å². The standard InChI is InChI=1S/C22H30O4/c1-14(2)22(25)12-11-21(4)10-9-15(3)13-18(19(21)22)26-20(24)16-5-7-17(23)8-6-16/h5-9,14,18-19,23,25H,10-13H2,1-4H3/t18-,19+,21-,22-/m1/s1. The number of aromatic hydroxyl groups is 1. The van der Waals surface area contributed by atoms with Crippen molar-refractivity contribution in [1.29, 1.82) is 0 Å². The second-order valence-electron chi connectivity index (χ2n) is 8.73. The maximum Gasteiger partial charge on any atom is 0.338 e. The number of aliphatic hydroxyl groups is 1. The minimum atomic E-state index is -0.826. The average molecular weight is 358 g/mol. The van der Waals surface area contributed by atoms with Crippen LogP contribution in [0.3, 0.4) is 0 Å². The quantitative estimate of drug-likeness (QED) is 0.618. The zero-order chi connectivity index (χ0) is 19.1. The van der Waals surface area contributed by atoms with E-state index >= 15 is 0 Å². The first kappa shape index (κ1) is 19.0. The highest BCUT2D eigenvalue weighted by atomic mass is 16.5. The van der Waals surface area contributed by atoms with Gasteiger partial charge in [-0.1, -0.05) is 32.4 Å².